The van der Waals surface area contributed by atoms with E-state index in [0.717, 1.165) is 17.7 Å². The number of amides is 2. The molecule has 1 aromatic heterocycles. The molecule has 0 atom stereocenters. The number of ether oxygens (including phenoxy) is 1. The summed E-state index contributed by atoms with van der Waals surface area (Å²) in [4.78, 5) is 28.3. The largest absolute Gasteiger partial charge is 0.444 e. The normalized spacial score (nSPS) is 15.9. The summed E-state index contributed by atoms with van der Waals surface area (Å²) >= 11 is 0. The minimum atomic E-state index is -0.500. The van der Waals surface area contributed by atoms with Gasteiger partial charge in [0, 0.05) is 45.3 Å². The number of aryl methyl sites for hydroxylation is 2. The monoisotopic (exact) mass is 350 g/mol. The molecule has 1 aliphatic rings. The van der Waals surface area contributed by atoms with Crippen LogP contribution in [0.5, 0.6) is 0 Å². The number of carbonyl (C=O) groups excluding carboxylic acids is 2. The molecular formula is C18H30N4O3. The molecule has 25 heavy (non-hydrogen) atoms. The average Bonchev–Trinajstić information content (AvgIpc) is 2.74. The zero-order valence-corrected chi connectivity index (χ0v) is 16.0. The van der Waals surface area contributed by atoms with E-state index in [1.54, 1.807) is 4.90 Å². The topological polar surface area (TPSA) is 67.7 Å². The van der Waals surface area contributed by atoms with E-state index in [1.807, 2.05) is 50.5 Å². The highest BCUT2D eigenvalue weighted by Gasteiger charge is 2.25. The molecule has 7 nitrogen and oxygen atoms in total. The Kier molecular flexibility index (Phi) is 6.08. The molecule has 2 heterocycles. The van der Waals surface area contributed by atoms with Gasteiger partial charge in [0.15, 0.2) is 0 Å². The molecular weight excluding hydrogens is 320 g/mol. The van der Waals surface area contributed by atoms with Crippen LogP contribution >= 0.6 is 0 Å². The quantitative estimate of drug-likeness (QED) is 0.837. The van der Waals surface area contributed by atoms with Crippen molar-refractivity contribution in [1.29, 1.82) is 0 Å². The summed E-state index contributed by atoms with van der Waals surface area (Å²) in [6.45, 7) is 9.98. The number of aromatic nitrogens is 2. The number of hydrogen-bond acceptors (Lipinski definition) is 4. The summed E-state index contributed by atoms with van der Waals surface area (Å²) in [6, 6.07) is 0. The van der Waals surface area contributed by atoms with Gasteiger partial charge in [-0.15, -0.1) is 0 Å². The van der Waals surface area contributed by atoms with Crippen molar-refractivity contribution in [3.05, 3.63) is 17.5 Å². The number of carbonyl (C=O) groups is 2. The number of hydrogen-bond donors (Lipinski definition) is 0. The maximum absolute atomic E-state index is 12.5. The van der Waals surface area contributed by atoms with Gasteiger partial charge in [0.25, 0.3) is 0 Å². The number of rotatable bonds is 3. The van der Waals surface area contributed by atoms with E-state index in [0.29, 0.717) is 39.0 Å². The lowest BCUT2D eigenvalue weighted by atomic mass is 10.1. The smallest absolute Gasteiger partial charge is 0.410 e. The molecule has 0 radical (unpaired) electrons. The second-order valence-corrected chi connectivity index (χ2v) is 7.58. The zero-order chi connectivity index (χ0) is 18.6. The summed E-state index contributed by atoms with van der Waals surface area (Å²) in [6.07, 6.45) is 3.48. The van der Waals surface area contributed by atoms with Crippen molar-refractivity contribution in [2.45, 2.75) is 52.6 Å². The minimum absolute atomic E-state index is 0.134. The first-order valence-electron chi connectivity index (χ1n) is 8.90. The Morgan fingerprint density at radius 2 is 1.80 bits per heavy atom. The van der Waals surface area contributed by atoms with Crippen molar-refractivity contribution in [1.82, 2.24) is 19.6 Å². The maximum atomic E-state index is 12.5. The van der Waals surface area contributed by atoms with Gasteiger partial charge in [0.05, 0.1) is 6.20 Å². The standard InChI is InChI=1S/C18H30N4O3/c1-14-15(13-19-20(14)5)7-8-16(23)21-9-6-10-22(12-11-21)17(24)25-18(2,3)4/h13H,6-12H2,1-5H3. The van der Waals surface area contributed by atoms with E-state index < -0.39 is 5.60 Å². The van der Waals surface area contributed by atoms with Crippen molar-refractivity contribution >= 4 is 12.0 Å². The Hall–Kier alpha value is -2.05. The Labute approximate surface area is 149 Å². The summed E-state index contributed by atoms with van der Waals surface area (Å²) in [7, 11) is 1.90. The van der Waals surface area contributed by atoms with Gasteiger partial charge in [-0.05, 0) is 46.1 Å². The molecule has 7 heteroatoms. The van der Waals surface area contributed by atoms with Crippen LogP contribution in [0.4, 0.5) is 4.79 Å². The molecule has 0 spiro atoms. The van der Waals surface area contributed by atoms with Gasteiger partial charge in [-0.1, -0.05) is 0 Å². The van der Waals surface area contributed by atoms with Crippen LogP contribution in [-0.4, -0.2) is 63.4 Å². The van der Waals surface area contributed by atoms with Crippen LogP contribution in [0, 0.1) is 6.92 Å². The van der Waals surface area contributed by atoms with E-state index in [2.05, 4.69) is 5.10 Å². The average molecular weight is 350 g/mol. The van der Waals surface area contributed by atoms with Crippen LogP contribution in [0.25, 0.3) is 0 Å². The van der Waals surface area contributed by atoms with E-state index in [4.69, 9.17) is 4.74 Å². The van der Waals surface area contributed by atoms with E-state index in [1.165, 1.54) is 0 Å². The Balaban J connectivity index is 1.84. The van der Waals surface area contributed by atoms with Crippen LogP contribution in [0.3, 0.4) is 0 Å². The molecule has 1 aromatic rings. The van der Waals surface area contributed by atoms with Crippen molar-refractivity contribution in [3.63, 3.8) is 0 Å². The predicted molar refractivity (Wildman–Crippen MR) is 95.3 cm³/mol. The molecule has 2 amide bonds. The summed E-state index contributed by atoms with van der Waals surface area (Å²) in [5, 5.41) is 4.21. The van der Waals surface area contributed by atoms with Crippen LogP contribution in [0.2, 0.25) is 0 Å². The fraction of sp³-hybridized carbons (Fsp3) is 0.722. The van der Waals surface area contributed by atoms with Gasteiger partial charge in [-0.25, -0.2) is 4.79 Å². The molecule has 1 saturated heterocycles. The summed E-state index contributed by atoms with van der Waals surface area (Å²) < 4.78 is 7.25. The van der Waals surface area contributed by atoms with E-state index in [9.17, 15) is 9.59 Å². The Morgan fingerprint density at radius 1 is 1.16 bits per heavy atom. The van der Waals surface area contributed by atoms with Crippen molar-refractivity contribution in [3.8, 4) is 0 Å². The molecule has 2 rings (SSSR count). The molecule has 0 aliphatic carbocycles. The highest BCUT2D eigenvalue weighted by Crippen LogP contribution is 2.14. The highest BCUT2D eigenvalue weighted by atomic mass is 16.6. The van der Waals surface area contributed by atoms with Crippen molar-refractivity contribution in [2.75, 3.05) is 26.2 Å². The van der Waals surface area contributed by atoms with Gasteiger partial charge in [-0.2, -0.15) is 5.10 Å². The lowest BCUT2D eigenvalue weighted by molar-refractivity contribution is -0.131. The third kappa shape index (κ3) is 5.47. The van der Waals surface area contributed by atoms with Crippen LogP contribution in [-0.2, 0) is 23.0 Å². The second kappa shape index (κ2) is 7.89. The molecule has 0 saturated carbocycles. The Morgan fingerprint density at radius 3 is 2.40 bits per heavy atom. The molecule has 0 bridgehead atoms. The number of nitrogens with zero attached hydrogens (tertiary/aromatic N) is 4. The molecule has 1 fully saturated rings. The van der Waals surface area contributed by atoms with Crippen LogP contribution in [0.15, 0.2) is 6.20 Å². The van der Waals surface area contributed by atoms with Gasteiger partial charge in [0.1, 0.15) is 5.60 Å². The Bertz CT molecular complexity index is 618. The third-order valence-electron chi connectivity index (χ3n) is 4.45. The predicted octanol–water partition coefficient (Wildman–Crippen LogP) is 2.13. The molecule has 0 unspecified atom stereocenters. The SMILES string of the molecule is Cc1c(CCC(=O)N2CCCN(C(=O)OC(C)(C)C)CC2)cnn1C. The summed E-state index contributed by atoms with van der Waals surface area (Å²) in [5.41, 5.74) is 1.71. The first-order valence-corrected chi connectivity index (χ1v) is 8.90. The van der Waals surface area contributed by atoms with Gasteiger partial charge in [0.2, 0.25) is 5.91 Å². The second-order valence-electron chi connectivity index (χ2n) is 7.58. The molecule has 140 valence electrons. The fourth-order valence-corrected chi connectivity index (χ4v) is 2.87. The zero-order valence-electron chi connectivity index (χ0n) is 16.0. The fourth-order valence-electron chi connectivity index (χ4n) is 2.87. The lowest BCUT2D eigenvalue weighted by Crippen LogP contribution is -2.40. The van der Waals surface area contributed by atoms with Gasteiger partial charge < -0.3 is 14.5 Å². The van der Waals surface area contributed by atoms with Crippen LogP contribution in [0.1, 0.15) is 44.9 Å². The van der Waals surface area contributed by atoms with Crippen LogP contribution < -0.4 is 0 Å². The third-order valence-corrected chi connectivity index (χ3v) is 4.45. The first kappa shape index (κ1) is 19.3. The molecule has 0 N–H and O–H groups in total. The first-order chi connectivity index (χ1) is 11.7. The summed E-state index contributed by atoms with van der Waals surface area (Å²) in [5.74, 6) is 0.134. The van der Waals surface area contributed by atoms with E-state index in [-0.39, 0.29) is 12.0 Å². The minimum Gasteiger partial charge on any atom is -0.444 e. The van der Waals surface area contributed by atoms with Crippen molar-refractivity contribution in [2.24, 2.45) is 7.05 Å². The lowest BCUT2D eigenvalue weighted by Gasteiger charge is -2.26. The maximum Gasteiger partial charge on any atom is 0.410 e. The molecule has 1 aliphatic heterocycles. The van der Waals surface area contributed by atoms with Gasteiger partial charge in [-0.3, -0.25) is 9.48 Å². The van der Waals surface area contributed by atoms with Crippen molar-refractivity contribution < 1.29 is 14.3 Å². The van der Waals surface area contributed by atoms with Gasteiger partial charge >= 0.3 is 6.09 Å². The molecule has 0 aromatic carbocycles. The highest BCUT2D eigenvalue weighted by molar-refractivity contribution is 5.76. The van der Waals surface area contributed by atoms with E-state index >= 15 is 0 Å².